The molecule has 0 bridgehead atoms. The predicted molar refractivity (Wildman–Crippen MR) is 204 cm³/mol. The Morgan fingerprint density at radius 1 is 0.849 bits per heavy atom. The molecule has 2 aliphatic rings. The summed E-state index contributed by atoms with van der Waals surface area (Å²) in [7, 11) is 3.58. The van der Waals surface area contributed by atoms with E-state index in [0.29, 0.717) is 74.9 Å². The van der Waals surface area contributed by atoms with Gasteiger partial charge in [0.15, 0.2) is 5.13 Å². The Labute approximate surface area is 316 Å². The van der Waals surface area contributed by atoms with Crippen molar-refractivity contribution in [3.8, 4) is 11.3 Å². The second kappa shape index (κ2) is 23.3. The van der Waals surface area contributed by atoms with Crippen LogP contribution in [0, 0.1) is 5.92 Å². The SMILES string of the molecule is CNCCOCCOCCOCCOCC(=O)Nc1nc(-c2ccccc2)c(NC(=O)[C@@H]2CCCN2C(=O)[C@@H](NC(=O)[C@H](C)NC)C2CCCCC2)s1. The van der Waals surface area contributed by atoms with E-state index in [1.54, 1.807) is 18.9 Å². The minimum atomic E-state index is -0.708. The van der Waals surface area contributed by atoms with E-state index >= 15 is 0 Å². The van der Waals surface area contributed by atoms with Crippen molar-refractivity contribution in [1.29, 1.82) is 0 Å². The first-order valence-electron chi connectivity index (χ1n) is 18.7. The highest BCUT2D eigenvalue weighted by molar-refractivity contribution is 7.20. The van der Waals surface area contributed by atoms with Crippen molar-refractivity contribution < 1.29 is 38.1 Å². The van der Waals surface area contributed by atoms with Gasteiger partial charge in [0.25, 0.3) is 5.91 Å². The zero-order valence-electron chi connectivity index (χ0n) is 31.3. The Hall–Kier alpha value is -3.51. The number of anilines is 2. The Morgan fingerprint density at radius 3 is 2.17 bits per heavy atom. The smallest absolute Gasteiger partial charge is 0.252 e. The molecule has 4 amide bonds. The summed E-state index contributed by atoms with van der Waals surface area (Å²) in [6, 6.07) is 7.51. The number of hydrogen-bond acceptors (Lipinski definition) is 12. The number of benzene rings is 1. The number of thiazole rings is 1. The number of likely N-dealkylation sites (N-methyl/N-ethyl adjacent to an activating group) is 2. The van der Waals surface area contributed by atoms with Crippen LogP contribution in [0.25, 0.3) is 11.3 Å². The molecule has 4 rings (SSSR count). The van der Waals surface area contributed by atoms with Crippen LogP contribution in [-0.4, -0.2) is 132 Å². The first-order chi connectivity index (χ1) is 25.8. The maximum Gasteiger partial charge on any atom is 0.252 e. The van der Waals surface area contributed by atoms with Gasteiger partial charge >= 0.3 is 0 Å². The molecular weight excluding hydrogens is 703 g/mol. The Morgan fingerprint density at radius 2 is 1.51 bits per heavy atom. The molecule has 3 atom stereocenters. The lowest BCUT2D eigenvalue weighted by Crippen LogP contribution is -2.57. The number of ether oxygens (including phenoxy) is 4. The van der Waals surface area contributed by atoms with Gasteiger partial charge in [-0.1, -0.05) is 60.9 Å². The summed E-state index contributed by atoms with van der Waals surface area (Å²) in [4.78, 5) is 60.0. The van der Waals surface area contributed by atoms with Gasteiger partial charge in [-0.3, -0.25) is 24.5 Å². The molecule has 1 aromatic carbocycles. The normalized spacial score (nSPS) is 17.3. The van der Waals surface area contributed by atoms with E-state index < -0.39 is 24.0 Å². The molecule has 0 spiro atoms. The van der Waals surface area contributed by atoms with Crippen molar-refractivity contribution in [3.63, 3.8) is 0 Å². The van der Waals surface area contributed by atoms with Crippen molar-refractivity contribution in [2.45, 2.75) is 70.0 Å². The van der Waals surface area contributed by atoms with E-state index in [1.165, 1.54) is 0 Å². The summed E-state index contributed by atoms with van der Waals surface area (Å²) in [6.07, 6.45) is 6.01. The number of nitrogens with one attached hydrogen (secondary N) is 5. The third kappa shape index (κ3) is 13.7. The van der Waals surface area contributed by atoms with E-state index in [1.807, 2.05) is 37.4 Å². The van der Waals surface area contributed by atoms with E-state index in [4.69, 9.17) is 18.9 Å². The third-order valence-corrected chi connectivity index (χ3v) is 10.2. The van der Waals surface area contributed by atoms with Crippen LogP contribution < -0.4 is 26.6 Å². The molecule has 2 fully saturated rings. The van der Waals surface area contributed by atoms with Crippen molar-refractivity contribution >= 4 is 45.1 Å². The summed E-state index contributed by atoms with van der Waals surface area (Å²) in [5.74, 6) is -1.16. The van der Waals surface area contributed by atoms with Gasteiger partial charge in [-0.05, 0) is 52.6 Å². The molecule has 0 unspecified atom stereocenters. The van der Waals surface area contributed by atoms with Crippen LogP contribution in [0.5, 0.6) is 0 Å². The second-order valence-electron chi connectivity index (χ2n) is 13.2. The van der Waals surface area contributed by atoms with Gasteiger partial charge in [-0.15, -0.1) is 0 Å². The fraction of sp³-hybridized carbons (Fsp3) is 0.649. The van der Waals surface area contributed by atoms with Crippen LogP contribution in [0.3, 0.4) is 0 Å². The van der Waals surface area contributed by atoms with Crippen LogP contribution >= 0.6 is 11.3 Å². The lowest BCUT2D eigenvalue weighted by molar-refractivity contribution is -0.142. The van der Waals surface area contributed by atoms with Crippen molar-refractivity contribution in [3.05, 3.63) is 30.3 Å². The first kappa shape index (κ1) is 42.2. The highest BCUT2D eigenvalue weighted by atomic mass is 32.1. The number of likely N-dealkylation sites (tertiary alicyclic amines) is 1. The van der Waals surface area contributed by atoms with Gasteiger partial charge in [-0.25, -0.2) is 4.98 Å². The quantitative estimate of drug-likeness (QED) is 0.105. The van der Waals surface area contributed by atoms with E-state index in [0.717, 1.165) is 55.5 Å². The Kier molecular flexibility index (Phi) is 18.6. The standard InChI is InChI=1S/C37H57N7O8S/c1-26(39-3)33(46)41-32(28-13-8-5-9-14-28)36(48)44-17-10-15-29(44)34(47)43-35-31(27-11-6-4-7-12-27)42-37(53-35)40-30(45)25-52-24-23-51-22-21-50-20-19-49-18-16-38-2/h4,6-7,11-12,26,28-29,32,38-39H,5,8-10,13-25H2,1-3H3,(H,41,46)(H,43,47)(H,40,42,45)/t26-,29-,32-/m0/s1. The molecule has 1 aromatic heterocycles. The number of rotatable bonds is 23. The lowest BCUT2D eigenvalue weighted by Gasteiger charge is -2.35. The minimum Gasteiger partial charge on any atom is -0.378 e. The zero-order chi connectivity index (χ0) is 37.8. The van der Waals surface area contributed by atoms with Gasteiger partial charge in [0.1, 0.15) is 29.4 Å². The summed E-state index contributed by atoms with van der Waals surface area (Å²) >= 11 is 1.14. The van der Waals surface area contributed by atoms with Gasteiger partial charge in [0, 0.05) is 18.7 Å². The predicted octanol–water partition coefficient (Wildman–Crippen LogP) is 2.64. The second-order valence-corrected chi connectivity index (χ2v) is 14.2. The Balaban J connectivity index is 1.32. The third-order valence-electron chi connectivity index (χ3n) is 9.35. The first-order valence-corrected chi connectivity index (χ1v) is 19.5. The van der Waals surface area contributed by atoms with Crippen LogP contribution in [0.15, 0.2) is 30.3 Å². The molecule has 1 saturated carbocycles. The molecule has 2 aromatic rings. The molecule has 294 valence electrons. The highest BCUT2D eigenvalue weighted by Gasteiger charge is 2.41. The van der Waals surface area contributed by atoms with Crippen LogP contribution in [-0.2, 0) is 38.1 Å². The number of amides is 4. The molecule has 1 saturated heterocycles. The average molecular weight is 760 g/mol. The largest absolute Gasteiger partial charge is 0.378 e. The molecule has 53 heavy (non-hydrogen) atoms. The minimum absolute atomic E-state index is 0.0195. The van der Waals surface area contributed by atoms with Crippen LogP contribution in [0.4, 0.5) is 10.1 Å². The zero-order valence-corrected chi connectivity index (χ0v) is 32.1. The van der Waals surface area contributed by atoms with Gasteiger partial charge in [-0.2, -0.15) is 0 Å². The maximum atomic E-state index is 14.1. The number of carbonyl (C=O) groups is 4. The summed E-state index contributed by atoms with van der Waals surface area (Å²) in [5, 5.41) is 15.5. The number of hydrogen-bond donors (Lipinski definition) is 5. The molecule has 0 radical (unpaired) electrons. The highest BCUT2D eigenvalue weighted by Crippen LogP contribution is 2.37. The summed E-state index contributed by atoms with van der Waals surface area (Å²) in [6.45, 7) is 5.83. The summed E-state index contributed by atoms with van der Waals surface area (Å²) < 4.78 is 21.8. The van der Waals surface area contributed by atoms with Crippen molar-refractivity contribution in [1.82, 2.24) is 25.8 Å². The Bertz CT molecular complexity index is 1430. The molecular formula is C37H57N7O8S. The maximum absolute atomic E-state index is 14.1. The monoisotopic (exact) mass is 759 g/mol. The van der Waals surface area contributed by atoms with Gasteiger partial charge in [0.05, 0.1) is 52.3 Å². The fourth-order valence-electron chi connectivity index (χ4n) is 6.34. The number of nitrogens with zero attached hydrogens (tertiary/aromatic N) is 2. The van der Waals surface area contributed by atoms with E-state index in [2.05, 4.69) is 31.6 Å². The van der Waals surface area contributed by atoms with Gasteiger partial charge < -0.3 is 45.1 Å². The van der Waals surface area contributed by atoms with Crippen molar-refractivity contribution in [2.24, 2.45) is 5.92 Å². The van der Waals surface area contributed by atoms with E-state index in [9.17, 15) is 19.2 Å². The van der Waals surface area contributed by atoms with Gasteiger partial charge in [0.2, 0.25) is 17.7 Å². The fourth-order valence-corrected chi connectivity index (χ4v) is 7.25. The number of aromatic nitrogens is 1. The summed E-state index contributed by atoms with van der Waals surface area (Å²) in [5.41, 5.74) is 1.26. The lowest BCUT2D eigenvalue weighted by atomic mass is 9.83. The molecule has 16 heteroatoms. The van der Waals surface area contributed by atoms with Crippen molar-refractivity contribution in [2.75, 3.05) is 90.7 Å². The molecule has 5 N–H and O–H groups in total. The molecule has 15 nitrogen and oxygen atoms in total. The van der Waals surface area contributed by atoms with Crippen LogP contribution in [0.2, 0.25) is 0 Å². The topological polar surface area (TPSA) is 181 Å². The molecule has 2 heterocycles. The van der Waals surface area contributed by atoms with Crippen LogP contribution in [0.1, 0.15) is 51.9 Å². The molecule has 1 aliphatic carbocycles. The average Bonchev–Trinajstić information content (AvgIpc) is 3.83. The van der Waals surface area contributed by atoms with E-state index in [-0.39, 0.29) is 36.9 Å². The molecule has 1 aliphatic heterocycles. The number of carbonyl (C=O) groups excluding carboxylic acids is 4.